The Kier molecular flexibility index (Phi) is 5.65. The number of carbonyl (C=O) groups is 1. The Morgan fingerprint density at radius 1 is 1.22 bits per heavy atom. The number of benzene rings is 2. The fourth-order valence-electron chi connectivity index (χ4n) is 3.00. The molecule has 1 fully saturated rings. The lowest BCUT2D eigenvalue weighted by Gasteiger charge is -2.19. The predicted molar refractivity (Wildman–Crippen MR) is 102 cm³/mol. The number of nitrogens with zero attached hydrogens (tertiary/aromatic N) is 1. The molecule has 0 unspecified atom stereocenters. The van der Waals surface area contributed by atoms with Crippen molar-refractivity contribution in [2.75, 3.05) is 29.0 Å². The van der Waals surface area contributed by atoms with Gasteiger partial charge in [0.2, 0.25) is 15.9 Å². The fraction of sp³-hybridized carbons (Fsp3) is 0.316. The van der Waals surface area contributed by atoms with Gasteiger partial charge in [0.05, 0.1) is 24.2 Å². The van der Waals surface area contributed by atoms with Gasteiger partial charge in [-0.2, -0.15) is 0 Å². The highest BCUT2D eigenvalue weighted by Gasteiger charge is 2.29. The van der Waals surface area contributed by atoms with Crippen LogP contribution in [0.25, 0.3) is 0 Å². The summed E-state index contributed by atoms with van der Waals surface area (Å²) in [6.07, 6.45) is 1.25. The Bertz CT molecular complexity index is 929. The topological polar surface area (TPSA) is 75.7 Å². The summed E-state index contributed by atoms with van der Waals surface area (Å²) < 4.78 is 43.8. The van der Waals surface area contributed by atoms with Crippen LogP contribution in [-0.2, 0) is 21.2 Å². The maximum Gasteiger partial charge on any atom is 0.235 e. The van der Waals surface area contributed by atoms with Gasteiger partial charge in [0.1, 0.15) is 11.6 Å². The van der Waals surface area contributed by atoms with Gasteiger partial charge in [-0.05, 0) is 48.7 Å². The number of halogens is 1. The predicted octanol–water partition coefficient (Wildman–Crippen LogP) is 2.95. The number of sulfonamides is 1. The molecular weight excluding hydrogens is 371 g/mol. The number of methoxy groups -OCH3 is 1. The summed E-state index contributed by atoms with van der Waals surface area (Å²) in [5.41, 5.74) is 1.78. The molecule has 1 saturated heterocycles. The van der Waals surface area contributed by atoms with Gasteiger partial charge in [0, 0.05) is 13.0 Å². The molecule has 2 aromatic rings. The van der Waals surface area contributed by atoms with Crippen LogP contribution in [0.1, 0.15) is 18.4 Å². The van der Waals surface area contributed by atoms with Crippen molar-refractivity contribution < 1.29 is 22.3 Å². The third kappa shape index (κ3) is 4.57. The zero-order chi connectivity index (χ0) is 19.4. The molecule has 1 N–H and O–H groups in total. The second kappa shape index (κ2) is 7.96. The van der Waals surface area contributed by atoms with E-state index in [1.807, 2.05) is 0 Å². The molecule has 0 aromatic heterocycles. The van der Waals surface area contributed by atoms with Crippen molar-refractivity contribution in [3.8, 4) is 5.75 Å². The number of carbonyl (C=O) groups excluding carboxylic acids is 1. The summed E-state index contributed by atoms with van der Waals surface area (Å²) in [5.74, 6) is 0.0180. The first kappa shape index (κ1) is 19.2. The minimum atomic E-state index is -3.31. The minimum Gasteiger partial charge on any atom is -0.495 e. The molecule has 144 valence electrons. The lowest BCUT2D eigenvalue weighted by molar-refractivity contribution is -0.116. The van der Waals surface area contributed by atoms with E-state index in [4.69, 9.17) is 4.74 Å². The number of aryl methyl sites for hydroxylation is 1. The Morgan fingerprint density at radius 3 is 2.59 bits per heavy atom. The zero-order valence-corrected chi connectivity index (χ0v) is 15.8. The van der Waals surface area contributed by atoms with E-state index < -0.39 is 10.0 Å². The average molecular weight is 392 g/mol. The molecule has 0 aliphatic carbocycles. The monoisotopic (exact) mass is 392 g/mol. The van der Waals surface area contributed by atoms with Gasteiger partial charge in [-0.1, -0.05) is 12.1 Å². The quantitative estimate of drug-likeness (QED) is 0.820. The van der Waals surface area contributed by atoms with Crippen LogP contribution in [0.15, 0.2) is 42.5 Å². The standard InChI is InChI=1S/C19H21FN2O4S/c1-26-18-9-8-16(22-11-2-12-27(22,24)25)13-17(18)21-19(23)10-5-14-3-6-15(20)7-4-14/h3-4,6-9,13H,2,5,10-12H2,1H3,(H,21,23). The zero-order valence-electron chi connectivity index (χ0n) is 14.9. The van der Waals surface area contributed by atoms with E-state index >= 15 is 0 Å². The van der Waals surface area contributed by atoms with Crippen molar-refractivity contribution in [1.29, 1.82) is 0 Å². The highest BCUT2D eigenvalue weighted by atomic mass is 32.2. The molecule has 8 heteroatoms. The van der Waals surface area contributed by atoms with E-state index in [1.165, 1.54) is 23.5 Å². The Morgan fingerprint density at radius 2 is 1.96 bits per heavy atom. The summed E-state index contributed by atoms with van der Waals surface area (Å²) in [6.45, 7) is 0.423. The second-order valence-electron chi connectivity index (χ2n) is 6.30. The smallest absolute Gasteiger partial charge is 0.235 e. The maximum absolute atomic E-state index is 12.9. The van der Waals surface area contributed by atoms with Gasteiger partial charge < -0.3 is 10.1 Å². The fourth-order valence-corrected chi connectivity index (χ4v) is 4.56. The molecule has 0 radical (unpaired) electrons. The lowest BCUT2D eigenvalue weighted by Crippen LogP contribution is -2.25. The average Bonchev–Trinajstić information content (AvgIpc) is 3.00. The minimum absolute atomic E-state index is 0.123. The first-order valence-electron chi connectivity index (χ1n) is 8.62. The summed E-state index contributed by atoms with van der Waals surface area (Å²) in [5, 5.41) is 2.77. The van der Waals surface area contributed by atoms with Gasteiger partial charge in [-0.25, -0.2) is 12.8 Å². The summed E-state index contributed by atoms with van der Waals surface area (Å²) >= 11 is 0. The number of rotatable bonds is 6. The first-order valence-corrected chi connectivity index (χ1v) is 10.2. The molecule has 6 nitrogen and oxygen atoms in total. The molecule has 3 rings (SSSR count). The summed E-state index contributed by atoms with van der Waals surface area (Å²) in [4.78, 5) is 12.3. The molecule has 2 aromatic carbocycles. The molecular formula is C19H21FN2O4S. The van der Waals surface area contributed by atoms with E-state index in [-0.39, 0.29) is 23.9 Å². The van der Waals surface area contributed by atoms with E-state index in [0.29, 0.717) is 36.5 Å². The number of nitrogens with one attached hydrogen (secondary N) is 1. The third-order valence-corrected chi connectivity index (χ3v) is 6.27. The van der Waals surface area contributed by atoms with Crippen molar-refractivity contribution >= 4 is 27.3 Å². The van der Waals surface area contributed by atoms with Gasteiger partial charge in [-0.15, -0.1) is 0 Å². The molecule has 27 heavy (non-hydrogen) atoms. The van der Waals surface area contributed by atoms with Gasteiger partial charge >= 0.3 is 0 Å². The maximum atomic E-state index is 12.9. The van der Waals surface area contributed by atoms with Crippen LogP contribution in [0.3, 0.4) is 0 Å². The van der Waals surface area contributed by atoms with Crippen molar-refractivity contribution in [3.63, 3.8) is 0 Å². The molecule has 0 spiro atoms. The van der Waals surface area contributed by atoms with Crippen LogP contribution < -0.4 is 14.4 Å². The highest BCUT2D eigenvalue weighted by molar-refractivity contribution is 7.93. The van der Waals surface area contributed by atoms with Crippen LogP contribution in [-0.4, -0.2) is 33.7 Å². The van der Waals surface area contributed by atoms with E-state index in [9.17, 15) is 17.6 Å². The molecule has 0 atom stereocenters. The van der Waals surface area contributed by atoms with Crippen molar-refractivity contribution in [2.45, 2.75) is 19.3 Å². The first-order chi connectivity index (χ1) is 12.9. The second-order valence-corrected chi connectivity index (χ2v) is 8.31. The molecule has 1 amide bonds. The highest BCUT2D eigenvalue weighted by Crippen LogP contribution is 2.32. The van der Waals surface area contributed by atoms with Crippen molar-refractivity contribution in [2.24, 2.45) is 0 Å². The normalized spacial score (nSPS) is 15.6. The SMILES string of the molecule is COc1ccc(N2CCCS2(=O)=O)cc1NC(=O)CCc1ccc(F)cc1. The van der Waals surface area contributed by atoms with E-state index in [1.54, 1.807) is 30.3 Å². The van der Waals surface area contributed by atoms with Crippen LogP contribution in [0.2, 0.25) is 0 Å². The number of amides is 1. The van der Waals surface area contributed by atoms with Gasteiger partial charge in [0.25, 0.3) is 0 Å². The van der Waals surface area contributed by atoms with E-state index in [0.717, 1.165) is 5.56 Å². The largest absolute Gasteiger partial charge is 0.495 e. The Hall–Kier alpha value is -2.61. The number of ether oxygens (including phenoxy) is 1. The number of anilines is 2. The Labute approximate surface area is 158 Å². The van der Waals surface area contributed by atoms with Crippen LogP contribution in [0.4, 0.5) is 15.8 Å². The third-order valence-electron chi connectivity index (χ3n) is 4.40. The summed E-state index contributed by atoms with van der Waals surface area (Å²) in [7, 11) is -1.82. The lowest BCUT2D eigenvalue weighted by atomic mass is 10.1. The number of hydrogen-bond acceptors (Lipinski definition) is 4. The Balaban J connectivity index is 1.71. The van der Waals surface area contributed by atoms with Crippen LogP contribution >= 0.6 is 0 Å². The number of hydrogen-bond donors (Lipinski definition) is 1. The molecule has 0 bridgehead atoms. The van der Waals surface area contributed by atoms with Crippen molar-refractivity contribution in [1.82, 2.24) is 0 Å². The van der Waals surface area contributed by atoms with Crippen LogP contribution in [0, 0.1) is 5.82 Å². The van der Waals surface area contributed by atoms with Gasteiger partial charge in [-0.3, -0.25) is 9.10 Å². The van der Waals surface area contributed by atoms with Gasteiger partial charge in [0.15, 0.2) is 0 Å². The molecule has 1 aliphatic rings. The van der Waals surface area contributed by atoms with Crippen LogP contribution in [0.5, 0.6) is 5.75 Å². The molecule has 1 aliphatic heterocycles. The molecule has 0 saturated carbocycles. The summed E-state index contributed by atoms with van der Waals surface area (Å²) in [6, 6.07) is 10.9. The molecule has 1 heterocycles. The van der Waals surface area contributed by atoms with E-state index in [2.05, 4.69) is 5.32 Å². The van der Waals surface area contributed by atoms with Crippen molar-refractivity contribution in [3.05, 3.63) is 53.8 Å².